The van der Waals surface area contributed by atoms with Gasteiger partial charge in [0.2, 0.25) is 0 Å². The SMILES string of the molecule is CCc1c(C(=O)O)nnn1CCc1ccnn1C. The summed E-state index contributed by atoms with van der Waals surface area (Å²) in [6.45, 7) is 2.49. The van der Waals surface area contributed by atoms with Crippen molar-refractivity contribution in [1.82, 2.24) is 24.8 Å². The lowest BCUT2D eigenvalue weighted by Gasteiger charge is -2.05. The lowest BCUT2D eigenvalue weighted by molar-refractivity contribution is 0.0689. The number of carboxylic acid groups (broad SMARTS) is 1. The molecule has 0 saturated carbocycles. The molecule has 0 aromatic carbocycles. The van der Waals surface area contributed by atoms with Crippen LogP contribution in [-0.4, -0.2) is 35.9 Å². The van der Waals surface area contributed by atoms with E-state index in [1.807, 2.05) is 20.0 Å². The molecule has 1 N–H and O–H groups in total. The smallest absolute Gasteiger partial charge is 0.358 e. The van der Waals surface area contributed by atoms with Crippen LogP contribution in [0.3, 0.4) is 0 Å². The second-order valence-electron chi connectivity index (χ2n) is 3.96. The molecule has 0 radical (unpaired) electrons. The van der Waals surface area contributed by atoms with Crippen molar-refractivity contribution >= 4 is 5.97 Å². The highest BCUT2D eigenvalue weighted by Crippen LogP contribution is 2.08. The first-order valence-corrected chi connectivity index (χ1v) is 5.76. The van der Waals surface area contributed by atoms with Gasteiger partial charge in [0, 0.05) is 31.9 Å². The molecular formula is C11H15N5O2. The zero-order valence-corrected chi connectivity index (χ0v) is 10.4. The van der Waals surface area contributed by atoms with E-state index in [2.05, 4.69) is 15.4 Å². The van der Waals surface area contributed by atoms with Crippen molar-refractivity contribution in [2.45, 2.75) is 26.3 Å². The van der Waals surface area contributed by atoms with E-state index in [0.717, 1.165) is 12.1 Å². The third-order valence-corrected chi connectivity index (χ3v) is 2.88. The summed E-state index contributed by atoms with van der Waals surface area (Å²) in [5.74, 6) is -1.03. The van der Waals surface area contributed by atoms with Gasteiger partial charge in [-0.25, -0.2) is 9.48 Å². The second-order valence-corrected chi connectivity index (χ2v) is 3.96. The van der Waals surface area contributed by atoms with E-state index >= 15 is 0 Å². The number of carbonyl (C=O) groups is 1. The molecular weight excluding hydrogens is 234 g/mol. The van der Waals surface area contributed by atoms with E-state index in [0.29, 0.717) is 18.7 Å². The maximum Gasteiger partial charge on any atom is 0.358 e. The van der Waals surface area contributed by atoms with Gasteiger partial charge in [-0.3, -0.25) is 4.68 Å². The van der Waals surface area contributed by atoms with Crippen LogP contribution >= 0.6 is 0 Å². The molecule has 0 fully saturated rings. The van der Waals surface area contributed by atoms with Gasteiger partial charge in [0.1, 0.15) is 0 Å². The zero-order valence-electron chi connectivity index (χ0n) is 10.4. The molecule has 2 rings (SSSR count). The third-order valence-electron chi connectivity index (χ3n) is 2.88. The fourth-order valence-electron chi connectivity index (χ4n) is 1.90. The van der Waals surface area contributed by atoms with E-state index in [1.54, 1.807) is 15.6 Å². The topological polar surface area (TPSA) is 85.8 Å². The predicted molar refractivity (Wildman–Crippen MR) is 63.3 cm³/mol. The molecule has 0 aliphatic heterocycles. The minimum atomic E-state index is -1.03. The molecule has 7 nitrogen and oxygen atoms in total. The Kier molecular flexibility index (Phi) is 3.40. The van der Waals surface area contributed by atoms with E-state index in [4.69, 9.17) is 5.11 Å². The highest BCUT2D eigenvalue weighted by molar-refractivity contribution is 5.86. The van der Waals surface area contributed by atoms with Gasteiger partial charge in [0.15, 0.2) is 5.69 Å². The van der Waals surface area contributed by atoms with Gasteiger partial charge < -0.3 is 5.11 Å². The summed E-state index contributed by atoms with van der Waals surface area (Å²) >= 11 is 0. The van der Waals surface area contributed by atoms with Crippen molar-refractivity contribution in [3.63, 3.8) is 0 Å². The maximum absolute atomic E-state index is 11.0. The quantitative estimate of drug-likeness (QED) is 0.834. The molecule has 2 aromatic rings. The van der Waals surface area contributed by atoms with Crippen LogP contribution in [0.25, 0.3) is 0 Å². The van der Waals surface area contributed by atoms with E-state index in [-0.39, 0.29) is 5.69 Å². The van der Waals surface area contributed by atoms with E-state index < -0.39 is 5.97 Å². The lowest BCUT2D eigenvalue weighted by Crippen LogP contribution is -2.11. The summed E-state index contributed by atoms with van der Waals surface area (Å²) in [7, 11) is 1.88. The van der Waals surface area contributed by atoms with Crippen molar-refractivity contribution in [2.24, 2.45) is 7.05 Å². The number of hydrogen-bond acceptors (Lipinski definition) is 4. The van der Waals surface area contributed by atoms with Gasteiger partial charge in [0.05, 0.1) is 5.69 Å². The molecule has 0 unspecified atom stereocenters. The van der Waals surface area contributed by atoms with Crippen molar-refractivity contribution in [2.75, 3.05) is 0 Å². The van der Waals surface area contributed by atoms with Crippen LogP contribution in [-0.2, 0) is 26.4 Å². The normalized spacial score (nSPS) is 10.8. The molecule has 96 valence electrons. The summed E-state index contributed by atoms with van der Waals surface area (Å²) in [6, 6.07) is 1.93. The fraction of sp³-hybridized carbons (Fsp3) is 0.455. The molecule has 7 heteroatoms. The Bertz CT molecular complexity index is 558. The highest BCUT2D eigenvalue weighted by Gasteiger charge is 2.17. The monoisotopic (exact) mass is 249 g/mol. The van der Waals surface area contributed by atoms with Crippen LogP contribution in [0.2, 0.25) is 0 Å². The van der Waals surface area contributed by atoms with Gasteiger partial charge in [-0.1, -0.05) is 12.1 Å². The average Bonchev–Trinajstić information content (AvgIpc) is 2.92. The zero-order chi connectivity index (χ0) is 13.1. The largest absolute Gasteiger partial charge is 0.476 e. The summed E-state index contributed by atoms with van der Waals surface area (Å²) in [5.41, 5.74) is 1.77. The van der Waals surface area contributed by atoms with Crippen LogP contribution in [0.15, 0.2) is 12.3 Å². The van der Waals surface area contributed by atoms with E-state index in [9.17, 15) is 4.79 Å². The molecule has 0 atom stereocenters. The van der Waals surface area contributed by atoms with Crippen LogP contribution in [0.4, 0.5) is 0 Å². The van der Waals surface area contributed by atoms with E-state index in [1.165, 1.54) is 0 Å². The summed E-state index contributed by atoms with van der Waals surface area (Å²) in [6.07, 6.45) is 3.08. The summed E-state index contributed by atoms with van der Waals surface area (Å²) in [5, 5.41) is 20.7. The number of rotatable bonds is 5. The van der Waals surface area contributed by atoms with Crippen molar-refractivity contribution in [3.05, 3.63) is 29.3 Å². The molecule has 0 spiro atoms. The summed E-state index contributed by atoms with van der Waals surface area (Å²) < 4.78 is 3.44. The predicted octanol–water partition coefficient (Wildman–Crippen LogP) is 0.515. The highest BCUT2D eigenvalue weighted by atomic mass is 16.4. The van der Waals surface area contributed by atoms with Gasteiger partial charge >= 0.3 is 5.97 Å². The van der Waals surface area contributed by atoms with Gasteiger partial charge in [-0.15, -0.1) is 5.10 Å². The Hall–Kier alpha value is -2.18. The van der Waals surface area contributed by atoms with Gasteiger partial charge in [-0.2, -0.15) is 5.10 Å². The lowest BCUT2D eigenvalue weighted by atomic mass is 10.2. The molecule has 0 aliphatic carbocycles. The summed E-state index contributed by atoms with van der Waals surface area (Å²) in [4.78, 5) is 11.0. The Balaban J connectivity index is 2.15. The first kappa shape index (κ1) is 12.3. The average molecular weight is 249 g/mol. The van der Waals surface area contributed by atoms with Crippen molar-refractivity contribution in [1.29, 1.82) is 0 Å². The Labute approximate surface area is 104 Å². The molecule has 0 aliphatic rings. The Morgan fingerprint density at radius 3 is 2.83 bits per heavy atom. The molecule has 0 bridgehead atoms. The number of aromatic carboxylic acids is 1. The van der Waals surface area contributed by atoms with Gasteiger partial charge in [0.25, 0.3) is 0 Å². The van der Waals surface area contributed by atoms with Crippen LogP contribution in [0.5, 0.6) is 0 Å². The van der Waals surface area contributed by atoms with Crippen LogP contribution in [0, 0.1) is 0 Å². The second kappa shape index (κ2) is 4.99. The molecule has 18 heavy (non-hydrogen) atoms. The van der Waals surface area contributed by atoms with Crippen LogP contribution < -0.4 is 0 Å². The molecule has 0 saturated heterocycles. The number of nitrogens with zero attached hydrogens (tertiary/aromatic N) is 5. The van der Waals surface area contributed by atoms with Crippen LogP contribution in [0.1, 0.15) is 28.8 Å². The van der Waals surface area contributed by atoms with Crippen molar-refractivity contribution in [3.8, 4) is 0 Å². The standard InChI is InChI=1S/C11H15N5O2/c1-3-9-10(11(17)18)13-14-16(9)7-5-8-4-6-12-15(8)2/h4,6H,3,5,7H2,1-2H3,(H,17,18). The molecule has 2 heterocycles. The Morgan fingerprint density at radius 2 is 2.28 bits per heavy atom. The van der Waals surface area contributed by atoms with Crippen molar-refractivity contribution < 1.29 is 9.90 Å². The molecule has 0 amide bonds. The first-order valence-electron chi connectivity index (χ1n) is 5.76. The maximum atomic E-state index is 11.0. The first-order chi connectivity index (χ1) is 8.63. The van der Waals surface area contributed by atoms with Gasteiger partial charge in [-0.05, 0) is 12.5 Å². The number of aryl methyl sites for hydroxylation is 3. The minimum Gasteiger partial charge on any atom is -0.476 e. The number of hydrogen-bond donors (Lipinski definition) is 1. The minimum absolute atomic E-state index is 0.0440. The third kappa shape index (κ3) is 2.24. The number of aromatic nitrogens is 5. The number of carboxylic acids is 1. The fourth-order valence-corrected chi connectivity index (χ4v) is 1.90. The Morgan fingerprint density at radius 1 is 1.50 bits per heavy atom. The molecule has 2 aromatic heterocycles.